The van der Waals surface area contributed by atoms with Crippen molar-refractivity contribution in [2.45, 2.75) is 51.3 Å². The number of hydrogen-bond acceptors (Lipinski definition) is 4. The Balaban J connectivity index is 2.57. The second-order valence-corrected chi connectivity index (χ2v) is 6.80. The second kappa shape index (κ2) is 5.00. The van der Waals surface area contributed by atoms with E-state index < -0.39 is 15.6 Å². The summed E-state index contributed by atoms with van der Waals surface area (Å²) < 4.78 is 31.7. The van der Waals surface area contributed by atoms with Gasteiger partial charge in [-0.15, -0.1) is 0 Å². The highest BCUT2D eigenvalue weighted by Crippen LogP contribution is 2.15. The van der Waals surface area contributed by atoms with Crippen molar-refractivity contribution in [3.63, 3.8) is 0 Å². The summed E-state index contributed by atoms with van der Waals surface area (Å²) in [6.07, 6.45) is 1.59. The van der Waals surface area contributed by atoms with Gasteiger partial charge in [-0.25, -0.2) is 13.1 Å². The van der Waals surface area contributed by atoms with E-state index in [9.17, 15) is 8.42 Å². The molecule has 0 spiro atoms. The predicted octanol–water partition coefficient (Wildman–Crippen LogP) is 0.211. The van der Waals surface area contributed by atoms with Gasteiger partial charge in [-0.1, -0.05) is 0 Å². The first kappa shape index (κ1) is 13.9. The summed E-state index contributed by atoms with van der Waals surface area (Å²) in [5.74, 6) is 0.0309. The number of rotatable bonds is 5. The maximum absolute atomic E-state index is 11.9. The van der Waals surface area contributed by atoms with Crippen molar-refractivity contribution in [3.05, 3.63) is 0 Å². The first-order chi connectivity index (χ1) is 7.23. The van der Waals surface area contributed by atoms with Gasteiger partial charge in [-0.3, -0.25) is 0 Å². The van der Waals surface area contributed by atoms with Gasteiger partial charge in [-0.2, -0.15) is 0 Å². The molecule has 1 aliphatic heterocycles. The zero-order chi connectivity index (χ0) is 12.4. The quantitative estimate of drug-likeness (QED) is 0.731. The number of sulfonamides is 1. The van der Waals surface area contributed by atoms with Crippen molar-refractivity contribution in [1.29, 1.82) is 0 Å². The Morgan fingerprint density at radius 2 is 2.19 bits per heavy atom. The number of ether oxygens (including phenoxy) is 1. The van der Waals surface area contributed by atoms with Crippen LogP contribution in [0.3, 0.4) is 0 Å². The maximum Gasteiger partial charge on any atom is 0.214 e. The molecule has 0 aliphatic carbocycles. The molecular weight excluding hydrogens is 228 g/mol. The summed E-state index contributed by atoms with van der Waals surface area (Å²) in [4.78, 5) is 0. The fourth-order valence-corrected chi connectivity index (χ4v) is 3.38. The standard InChI is InChI=1S/C10H22N2O3S/c1-8(11)10(2,3)12-16(13,14)7-9-5-4-6-15-9/h8-9,12H,4-7,11H2,1-3H3. The third-order valence-corrected chi connectivity index (χ3v) is 4.63. The van der Waals surface area contributed by atoms with E-state index in [1.807, 2.05) is 0 Å². The number of nitrogens with two attached hydrogens (primary N) is 1. The van der Waals surface area contributed by atoms with Gasteiger partial charge >= 0.3 is 0 Å². The first-order valence-corrected chi connectivity index (χ1v) is 7.27. The van der Waals surface area contributed by atoms with Crippen LogP contribution in [-0.4, -0.2) is 38.5 Å². The molecule has 96 valence electrons. The average molecular weight is 250 g/mol. The van der Waals surface area contributed by atoms with Gasteiger partial charge in [0, 0.05) is 18.2 Å². The van der Waals surface area contributed by atoms with Crippen LogP contribution >= 0.6 is 0 Å². The van der Waals surface area contributed by atoms with Crippen LogP contribution in [0.25, 0.3) is 0 Å². The van der Waals surface area contributed by atoms with Crippen LogP contribution in [0.4, 0.5) is 0 Å². The third-order valence-electron chi connectivity index (χ3n) is 2.99. The van der Waals surface area contributed by atoms with E-state index in [0.717, 1.165) is 12.8 Å². The molecular formula is C10H22N2O3S. The molecule has 1 saturated heterocycles. The molecule has 0 aromatic rings. The van der Waals surface area contributed by atoms with Gasteiger partial charge in [0.2, 0.25) is 10.0 Å². The van der Waals surface area contributed by atoms with E-state index >= 15 is 0 Å². The molecule has 5 nitrogen and oxygen atoms in total. The van der Waals surface area contributed by atoms with Crippen molar-refractivity contribution in [3.8, 4) is 0 Å². The third kappa shape index (κ3) is 4.01. The van der Waals surface area contributed by atoms with Crippen LogP contribution in [0, 0.1) is 0 Å². The Kier molecular flexibility index (Phi) is 4.34. The zero-order valence-corrected chi connectivity index (χ0v) is 11.0. The Morgan fingerprint density at radius 3 is 2.62 bits per heavy atom. The average Bonchev–Trinajstić information content (AvgIpc) is 2.52. The SMILES string of the molecule is CC(N)C(C)(C)NS(=O)(=O)CC1CCCO1. The van der Waals surface area contributed by atoms with Crippen LogP contribution < -0.4 is 10.5 Å². The van der Waals surface area contributed by atoms with Gasteiger partial charge < -0.3 is 10.5 Å². The summed E-state index contributed by atoms with van der Waals surface area (Å²) in [7, 11) is -3.32. The lowest BCUT2D eigenvalue weighted by atomic mass is 9.99. The fraction of sp³-hybridized carbons (Fsp3) is 1.00. The second-order valence-electron chi connectivity index (χ2n) is 5.03. The minimum absolute atomic E-state index is 0.0309. The van der Waals surface area contributed by atoms with Crippen LogP contribution in [0.5, 0.6) is 0 Å². The predicted molar refractivity (Wildman–Crippen MR) is 63.6 cm³/mol. The van der Waals surface area contributed by atoms with Gasteiger partial charge in [-0.05, 0) is 33.6 Å². The van der Waals surface area contributed by atoms with Crippen LogP contribution in [-0.2, 0) is 14.8 Å². The molecule has 3 N–H and O–H groups in total. The molecule has 0 aromatic heterocycles. The Morgan fingerprint density at radius 1 is 1.56 bits per heavy atom. The highest BCUT2D eigenvalue weighted by molar-refractivity contribution is 7.89. The Hall–Kier alpha value is -0.170. The van der Waals surface area contributed by atoms with Crippen molar-refractivity contribution in [2.75, 3.05) is 12.4 Å². The van der Waals surface area contributed by atoms with E-state index in [4.69, 9.17) is 10.5 Å². The van der Waals surface area contributed by atoms with Crippen molar-refractivity contribution < 1.29 is 13.2 Å². The zero-order valence-electron chi connectivity index (χ0n) is 10.2. The molecule has 2 atom stereocenters. The summed E-state index contributed by atoms with van der Waals surface area (Å²) in [5.41, 5.74) is 5.10. The van der Waals surface area contributed by atoms with Gasteiger partial charge in [0.15, 0.2) is 0 Å². The van der Waals surface area contributed by atoms with Gasteiger partial charge in [0.05, 0.1) is 11.9 Å². The van der Waals surface area contributed by atoms with Gasteiger partial charge in [0.25, 0.3) is 0 Å². The Bertz CT molecular complexity index is 319. The van der Waals surface area contributed by atoms with E-state index in [1.54, 1.807) is 20.8 Å². The molecule has 16 heavy (non-hydrogen) atoms. The van der Waals surface area contributed by atoms with Crippen molar-refractivity contribution in [2.24, 2.45) is 5.73 Å². The van der Waals surface area contributed by atoms with E-state index in [-0.39, 0.29) is 17.9 Å². The topological polar surface area (TPSA) is 81.4 Å². The first-order valence-electron chi connectivity index (χ1n) is 5.62. The van der Waals surface area contributed by atoms with Crippen molar-refractivity contribution >= 4 is 10.0 Å². The minimum Gasteiger partial charge on any atom is -0.377 e. The molecule has 6 heteroatoms. The van der Waals surface area contributed by atoms with Crippen LogP contribution in [0.1, 0.15) is 33.6 Å². The van der Waals surface area contributed by atoms with Gasteiger partial charge in [0.1, 0.15) is 0 Å². The molecule has 0 saturated carbocycles. The molecule has 0 radical (unpaired) electrons. The fourth-order valence-electron chi connectivity index (χ4n) is 1.56. The van der Waals surface area contributed by atoms with E-state index in [2.05, 4.69) is 4.72 Å². The van der Waals surface area contributed by atoms with Crippen LogP contribution in [0.15, 0.2) is 0 Å². The molecule has 2 unspecified atom stereocenters. The highest BCUT2D eigenvalue weighted by atomic mass is 32.2. The molecule has 1 aliphatic rings. The Labute approximate surface area is 97.8 Å². The van der Waals surface area contributed by atoms with Crippen LogP contribution in [0.2, 0.25) is 0 Å². The molecule has 0 bridgehead atoms. The minimum atomic E-state index is -3.32. The van der Waals surface area contributed by atoms with E-state index in [0.29, 0.717) is 6.61 Å². The number of nitrogens with one attached hydrogen (secondary N) is 1. The lowest BCUT2D eigenvalue weighted by molar-refractivity contribution is 0.127. The van der Waals surface area contributed by atoms with E-state index in [1.165, 1.54) is 0 Å². The highest BCUT2D eigenvalue weighted by Gasteiger charge is 2.31. The number of hydrogen-bond donors (Lipinski definition) is 2. The van der Waals surface area contributed by atoms with Crippen molar-refractivity contribution in [1.82, 2.24) is 4.72 Å². The maximum atomic E-state index is 11.9. The lowest BCUT2D eigenvalue weighted by Crippen LogP contribution is -2.55. The molecule has 1 fully saturated rings. The summed E-state index contributed by atoms with van der Waals surface area (Å²) >= 11 is 0. The smallest absolute Gasteiger partial charge is 0.214 e. The summed E-state index contributed by atoms with van der Waals surface area (Å²) in [5, 5.41) is 0. The summed E-state index contributed by atoms with van der Waals surface area (Å²) in [6.45, 7) is 6.01. The largest absolute Gasteiger partial charge is 0.377 e. The molecule has 1 heterocycles. The summed E-state index contributed by atoms with van der Waals surface area (Å²) in [6, 6.07) is -0.244. The molecule has 0 aromatic carbocycles. The molecule has 1 rings (SSSR count). The molecule has 0 amide bonds. The lowest BCUT2D eigenvalue weighted by Gasteiger charge is -2.30. The normalized spacial score (nSPS) is 24.6. The monoisotopic (exact) mass is 250 g/mol.